The molecule has 82 valence electrons. The van der Waals surface area contributed by atoms with Gasteiger partial charge in [-0.25, -0.2) is 0 Å². The molecule has 1 N–H and O–H groups in total. The van der Waals surface area contributed by atoms with E-state index in [0.717, 1.165) is 19.3 Å². The second-order valence-electron chi connectivity index (χ2n) is 3.73. The number of hydrogen-bond acceptors (Lipinski definition) is 1. The van der Waals surface area contributed by atoms with Crippen LogP contribution in [0.5, 0.6) is 0 Å². The summed E-state index contributed by atoms with van der Waals surface area (Å²) in [7, 11) is 1.69. The van der Waals surface area contributed by atoms with Crippen molar-refractivity contribution in [2.75, 3.05) is 7.05 Å². The lowest BCUT2D eigenvalue weighted by molar-refractivity contribution is -0.120. The fourth-order valence-electron chi connectivity index (χ4n) is 1.14. The van der Waals surface area contributed by atoms with E-state index >= 15 is 0 Å². The van der Waals surface area contributed by atoms with Gasteiger partial charge in [0.25, 0.3) is 0 Å². The van der Waals surface area contributed by atoms with Crippen LogP contribution in [-0.4, -0.2) is 13.0 Å². The molecule has 1 atom stereocenters. The van der Waals surface area contributed by atoms with Crippen molar-refractivity contribution in [1.29, 1.82) is 0 Å². The topological polar surface area (TPSA) is 29.1 Å². The van der Waals surface area contributed by atoms with Crippen molar-refractivity contribution in [1.82, 2.24) is 5.32 Å². The summed E-state index contributed by atoms with van der Waals surface area (Å²) in [5.74, 6) is 0.838. The van der Waals surface area contributed by atoms with Crippen LogP contribution in [0.2, 0.25) is 0 Å². The van der Waals surface area contributed by atoms with Crippen LogP contribution in [0.25, 0.3) is 0 Å². The maximum absolute atomic E-state index is 10.9. The standard InChI is InChI=1S/C12H23NO/c1-4-11(2)9-7-5-6-8-10-12(14)13-3/h7,9,11H,4-6,8,10H2,1-3H3,(H,13,14)/b9-7+. The molecule has 1 unspecified atom stereocenters. The first-order chi connectivity index (χ1) is 6.70. The van der Waals surface area contributed by atoms with Crippen LogP contribution in [0.4, 0.5) is 0 Å². The van der Waals surface area contributed by atoms with Gasteiger partial charge in [0.2, 0.25) is 5.91 Å². The van der Waals surface area contributed by atoms with Gasteiger partial charge in [-0.05, 0) is 25.2 Å². The van der Waals surface area contributed by atoms with Gasteiger partial charge < -0.3 is 5.32 Å². The molecule has 0 aliphatic carbocycles. The van der Waals surface area contributed by atoms with Gasteiger partial charge in [-0.1, -0.05) is 32.4 Å². The van der Waals surface area contributed by atoms with Gasteiger partial charge in [0.15, 0.2) is 0 Å². The van der Waals surface area contributed by atoms with E-state index in [0.29, 0.717) is 12.3 Å². The average molecular weight is 197 g/mol. The van der Waals surface area contributed by atoms with E-state index in [-0.39, 0.29) is 5.91 Å². The zero-order valence-electron chi connectivity index (χ0n) is 9.68. The molecule has 0 saturated heterocycles. The summed E-state index contributed by atoms with van der Waals surface area (Å²) in [5, 5.41) is 2.63. The summed E-state index contributed by atoms with van der Waals surface area (Å²) in [6.07, 6.45) is 9.56. The summed E-state index contributed by atoms with van der Waals surface area (Å²) in [6.45, 7) is 4.42. The lowest BCUT2D eigenvalue weighted by Gasteiger charge is -2.00. The highest BCUT2D eigenvalue weighted by Gasteiger charge is 1.95. The molecule has 14 heavy (non-hydrogen) atoms. The third kappa shape index (κ3) is 7.84. The summed E-state index contributed by atoms with van der Waals surface area (Å²) in [4.78, 5) is 10.9. The average Bonchev–Trinajstić information content (AvgIpc) is 2.22. The van der Waals surface area contributed by atoms with Crippen LogP contribution in [0, 0.1) is 5.92 Å². The molecule has 0 aromatic heterocycles. The minimum Gasteiger partial charge on any atom is -0.359 e. The highest BCUT2D eigenvalue weighted by atomic mass is 16.1. The quantitative estimate of drug-likeness (QED) is 0.493. The number of rotatable bonds is 7. The smallest absolute Gasteiger partial charge is 0.219 e. The van der Waals surface area contributed by atoms with Crippen LogP contribution in [0.1, 0.15) is 46.0 Å². The highest BCUT2D eigenvalue weighted by molar-refractivity contribution is 5.75. The van der Waals surface area contributed by atoms with Crippen LogP contribution < -0.4 is 5.32 Å². The number of unbranched alkanes of at least 4 members (excludes halogenated alkanes) is 2. The van der Waals surface area contributed by atoms with E-state index in [9.17, 15) is 4.79 Å². The Labute approximate surface area is 87.8 Å². The van der Waals surface area contributed by atoms with Crippen molar-refractivity contribution < 1.29 is 4.79 Å². The van der Waals surface area contributed by atoms with Crippen LogP contribution in [-0.2, 0) is 4.79 Å². The van der Waals surface area contributed by atoms with E-state index in [1.807, 2.05) is 0 Å². The molecule has 0 heterocycles. The van der Waals surface area contributed by atoms with E-state index in [1.54, 1.807) is 7.05 Å². The molecule has 0 aromatic rings. The van der Waals surface area contributed by atoms with Crippen molar-refractivity contribution in [3.63, 3.8) is 0 Å². The maximum Gasteiger partial charge on any atom is 0.219 e. The van der Waals surface area contributed by atoms with Gasteiger partial charge in [0.05, 0.1) is 0 Å². The minimum absolute atomic E-state index is 0.149. The molecule has 0 aliphatic rings. The van der Waals surface area contributed by atoms with Gasteiger partial charge in [-0.2, -0.15) is 0 Å². The normalized spacial score (nSPS) is 13.1. The Morgan fingerprint density at radius 2 is 2.14 bits per heavy atom. The van der Waals surface area contributed by atoms with Crippen molar-refractivity contribution in [3.05, 3.63) is 12.2 Å². The van der Waals surface area contributed by atoms with E-state index in [4.69, 9.17) is 0 Å². The molecule has 1 amide bonds. The van der Waals surface area contributed by atoms with Gasteiger partial charge in [-0.15, -0.1) is 0 Å². The molecule has 0 saturated carbocycles. The van der Waals surface area contributed by atoms with E-state index < -0.39 is 0 Å². The molecule has 2 heteroatoms. The molecule has 0 aliphatic heterocycles. The summed E-state index contributed by atoms with van der Waals surface area (Å²) < 4.78 is 0. The van der Waals surface area contributed by atoms with Crippen LogP contribution in [0.3, 0.4) is 0 Å². The molecular formula is C12H23NO. The van der Waals surface area contributed by atoms with E-state index in [1.165, 1.54) is 6.42 Å². The fraction of sp³-hybridized carbons (Fsp3) is 0.750. The van der Waals surface area contributed by atoms with Crippen LogP contribution in [0.15, 0.2) is 12.2 Å². The largest absolute Gasteiger partial charge is 0.359 e. The van der Waals surface area contributed by atoms with Crippen molar-refractivity contribution >= 4 is 5.91 Å². The number of hydrogen-bond donors (Lipinski definition) is 1. The van der Waals surface area contributed by atoms with E-state index in [2.05, 4.69) is 31.3 Å². The molecule has 0 radical (unpaired) electrons. The first-order valence-corrected chi connectivity index (χ1v) is 5.58. The molecule has 0 fully saturated rings. The van der Waals surface area contributed by atoms with Gasteiger partial charge in [-0.3, -0.25) is 4.79 Å². The van der Waals surface area contributed by atoms with Gasteiger partial charge in [0, 0.05) is 13.5 Å². The highest BCUT2D eigenvalue weighted by Crippen LogP contribution is 2.05. The predicted molar refractivity (Wildman–Crippen MR) is 61.1 cm³/mol. The Balaban J connectivity index is 3.29. The molecule has 0 bridgehead atoms. The molecule has 0 aromatic carbocycles. The molecule has 0 rings (SSSR count). The Hall–Kier alpha value is -0.790. The third-order valence-electron chi connectivity index (χ3n) is 2.41. The second kappa shape index (κ2) is 8.79. The Morgan fingerprint density at radius 3 is 2.71 bits per heavy atom. The van der Waals surface area contributed by atoms with Crippen molar-refractivity contribution in [2.24, 2.45) is 5.92 Å². The SMILES string of the molecule is CCC(C)/C=C/CCCCC(=O)NC. The Kier molecular flexibility index (Phi) is 8.30. The summed E-state index contributed by atoms with van der Waals surface area (Å²) in [5.41, 5.74) is 0. The maximum atomic E-state index is 10.9. The number of carbonyl (C=O) groups excluding carboxylic acids is 1. The number of amides is 1. The van der Waals surface area contributed by atoms with Crippen molar-refractivity contribution in [3.8, 4) is 0 Å². The van der Waals surface area contributed by atoms with Crippen molar-refractivity contribution in [2.45, 2.75) is 46.0 Å². The molecule has 0 spiro atoms. The zero-order valence-corrected chi connectivity index (χ0v) is 9.68. The Morgan fingerprint density at radius 1 is 1.43 bits per heavy atom. The number of allylic oxidation sites excluding steroid dienone is 2. The summed E-state index contributed by atoms with van der Waals surface area (Å²) >= 11 is 0. The lowest BCUT2D eigenvalue weighted by Crippen LogP contribution is -2.16. The van der Waals surface area contributed by atoms with Gasteiger partial charge in [0.1, 0.15) is 0 Å². The minimum atomic E-state index is 0.149. The molecular weight excluding hydrogens is 174 g/mol. The van der Waals surface area contributed by atoms with Gasteiger partial charge >= 0.3 is 0 Å². The van der Waals surface area contributed by atoms with Crippen LogP contribution >= 0.6 is 0 Å². The number of carbonyl (C=O) groups is 1. The molecule has 2 nitrogen and oxygen atoms in total. The first-order valence-electron chi connectivity index (χ1n) is 5.58. The fourth-order valence-corrected chi connectivity index (χ4v) is 1.14. The zero-order chi connectivity index (χ0) is 10.8. The lowest BCUT2D eigenvalue weighted by atomic mass is 10.1. The Bertz CT molecular complexity index is 175. The predicted octanol–water partition coefficient (Wildman–Crippen LogP) is 2.90. The second-order valence-corrected chi connectivity index (χ2v) is 3.73. The first kappa shape index (κ1) is 13.2. The third-order valence-corrected chi connectivity index (χ3v) is 2.41. The summed E-state index contributed by atoms with van der Waals surface area (Å²) in [6, 6.07) is 0. The number of nitrogens with one attached hydrogen (secondary N) is 1. The monoisotopic (exact) mass is 197 g/mol.